The van der Waals surface area contributed by atoms with E-state index in [0.29, 0.717) is 18.4 Å². The highest BCUT2D eigenvalue weighted by atomic mass is 32.2. The molecule has 194 valence electrons. The molecule has 2 fully saturated rings. The molecular formula is C24H36N4O6S. The van der Waals surface area contributed by atoms with Crippen molar-refractivity contribution < 1.29 is 27.5 Å². The van der Waals surface area contributed by atoms with E-state index in [1.807, 2.05) is 6.92 Å². The first-order chi connectivity index (χ1) is 16.3. The number of ether oxygens (including phenoxy) is 2. The third-order valence-corrected chi connectivity index (χ3v) is 7.82. The lowest BCUT2D eigenvalue weighted by molar-refractivity contribution is -0.132. The summed E-state index contributed by atoms with van der Waals surface area (Å²) in [6.07, 6.45) is 3.70. The van der Waals surface area contributed by atoms with Gasteiger partial charge in [0.1, 0.15) is 17.1 Å². The number of piperidine rings is 1. The van der Waals surface area contributed by atoms with Crippen molar-refractivity contribution >= 4 is 22.0 Å². The number of amides is 2. The number of alkyl carbamates (subject to hydrolysis) is 1. The first-order valence-electron chi connectivity index (χ1n) is 11.8. The molecule has 0 spiro atoms. The molecule has 0 bridgehead atoms. The number of carbonyl (C=O) groups excluding carboxylic acids is 2. The third-order valence-electron chi connectivity index (χ3n) is 5.94. The number of sulfonamides is 1. The monoisotopic (exact) mass is 508 g/mol. The maximum absolute atomic E-state index is 13.1. The van der Waals surface area contributed by atoms with Crippen LogP contribution < -0.4 is 15.4 Å². The summed E-state index contributed by atoms with van der Waals surface area (Å²) in [5.74, 6) is 0.258. The SMILES string of the molecule is C=C(CNC(=O)OC(C)(C)C)COc1ccc(S(=O)(=O)N2CCC(C)(C(=O)NC3CC3)CC2)cn1. The molecule has 35 heavy (non-hydrogen) atoms. The average Bonchev–Trinajstić information content (AvgIpc) is 3.60. The van der Waals surface area contributed by atoms with Crippen LogP contribution in [0, 0.1) is 5.41 Å². The fourth-order valence-electron chi connectivity index (χ4n) is 3.53. The largest absolute Gasteiger partial charge is 0.473 e. The van der Waals surface area contributed by atoms with Crippen molar-refractivity contribution in [2.24, 2.45) is 5.41 Å². The van der Waals surface area contributed by atoms with E-state index in [2.05, 4.69) is 22.2 Å². The van der Waals surface area contributed by atoms with Crippen LogP contribution in [0.3, 0.4) is 0 Å². The van der Waals surface area contributed by atoms with Gasteiger partial charge in [0, 0.05) is 37.2 Å². The van der Waals surface area contributed by atoms with Crippen LogP contribution in [0.5, 0.6) is 5.88 Å². The molecule has 0 aromatic carbocycles. The van der Waals surface area contributed by atoms with Crippen LogP contribution in [0.1, 0.15) is 53.4 Å². The molecule has 1 aliphatic heterocycles. The highest BCUT2D eigenvalue weighted by Gasteiger charge is 2.41. The number of hydrogen-bond donors (Lipinski definition) is 2. The number of nitrogens with zero attached hydrogens (tertiary/aromatic N) is 2. The number of hydrogen-bond acceptors (Lipinski definition) is 7. The van der Waals surface area contributed by atoms with Gasteiger partial charge in [-0.2, -0.15) is 4.31 Å². The van der Waals surface area contributed by atoms with Gasteiger partial charge in [-0.05, 0) is 58.1 Å². The van der Waals surface area contributed by atoms with E-state index in [9.17, 15) is 18.0 Å². The topological polar surface area (TPSA) is 127 Å². The van der Waals surface area contributed by atoms with Crippen molar-refractivity contribution in [2.75, 3.05) is 26.2 Å². The zero-order valence-electron chi connectivity index (χ0n) is 20.9. The van der Waals surface area contributed by atoms with Gasteiger partial charge in [0.2, 0.25) is 21.8 Å². The predicted molar refractivity (Wildman–Crippen MR) is 130 cm³/mol. The first-order valence-corrected chi connectivity index (χ1v) is 13.3. The van der Waals surface area contributed by atoms with E-state index in [-0.39, 0.29) is 49.0 Å². The molecule has 10 nitrogen and oxygen atoms in total. The Kier molecular flexibility index (Phi) is 8.10. The molecule has 2 amide bonds. The highest BCUT2D eigenvalue weighted by Crippen LogP contribution is 2.34. The normalized spacial score (nSPS) is 18.4. The van der Waals surface area contributed by atoms with Gasteiger partial charge in [0.05, 0.1) is 6.20 Å². The molecule has 3 rings (SSSR count). The van der Waals surface area contributed by atoms with E-state index in [1.54, 1.807) is 20.8 Å². The molecule has 1 saturated carbocycles. The van der Waals surface area contributed by atoms with E-state index < -0.39 is 27.1 Å². The zero-order chi connectivity index (χ0) is 25.9. The summed E-state index contributed by atoms with van der Waals surface area (Å²) in [6, 6.07) is 3.22. The Balaban J connectivity index is 1.47. The molecule has 2 aliphatic rings. The van der Waals surface area contributed by atoms with E-state index in [4.69, 9.17) is 9.47 Å². The summed E-state index contributed by atoms with van der Waals surface area (Å²) >= 11 is 0. The number of pyridine rings is 1. The van der Waals surface area contributed by atoms with Crippen LogP contribution in [0.4, 0.5) is 4.79 Å². The Bertz CT molecular complexity index is 1040. The van der Waals surface area contributed by atoms with E-state index in [1.165, 1.54) is 22.6 Å². The van der Waals surface area contributed by atoms with Gasteiger partial charge in [-0.3, -0.25) is 4.79 Å². The predicted octanol–water partition coefficient (Wildman–Crippen LogP) is 2.61. The number of nitrogens with one attached hydrogen (secondary N) is 2. The molecule has 1 aromatic rings. The lowest BCUT2D eigenvalue weighted by Crippen LogP contribution is -2.49. The maximum atomic E-state index is 13.1. The average molecular weight is 509 g/mol. The highest BCUT2D eigenvalue weighted by molar-refractivity contribution is 7.89. The fourth-order valence-corrected chi connectivity index (χ4v) is 4.91. The molecule has 2 N–H and O–H groups in total. The number of carbonyl (C=O) groups is 2. The molecule has 1 aliphatic carbocycles. The smallest absolute Gasteiger partial charge is 0.407 e. The Morgan fingerprint density at radius 3 is 2.43 bits per heavy atom. The Morgan fingerprint density at radius 2 is 1.89 bits per heavy atom. The Morgan fingerprint density at radius 1 is 1.23 bits per heavy atom. The van der Waals surface area contributed by atoms with Gasteiger partial charge in [0.25, 0.3) is 0 Å². The lowest BCUT2D eigenvalue weighted by atomic mass is 9.80. The summed E-state index contributed by atoms with van der Waals surface area (Å²) in [4.78, 5) is 28.4. The summed E-state index contributed by atoms with van der Waals surface area (Å²) < 4.78 is 38.2. The Labute approximate surface area is 207 Å². The van der Waals surface area contributed by atoms with Crippen molar-refractivity contribution in [3.8, 4) is 5.88 Å². The summed E-state index contributed by atoms with van der Waals surface area (Å²) in [7, 11) is -3.73. The third kappa shape index (κ3) is 7.66. The standard InChI is InChI=1S/C24H36N4O6S/c1-17(14-26-22(30)34-23(2,3)4)16-33-20-9-8-19(15-25-20)35(31,32)28-12-10-24(5,11-13-28)21(29)27-18-6-7-18/h8-9,15,18H,1,6-7,10-14,16H2,2-5H3,(H,26,30)(H,27,29). The summed E-state index contributed by atoms with van der Waals surface area (Å²) in [6.45, 7) is 11.9. The lowest BCUT2D eigenvalue weighted by Gasteiger charge is -2.37. The molecule has 0 atom stereocenters. The molecular weight excluding hydrogens is 472 g/mol. The molecule has 0 unspecified atom stereocenters. The minimum Gasteiger partial charge on any atom is -0.473 e. The van der Waals surface area contributed by atoms with E-state index in [0.717, 1.165) is 12.8 Å². The molecule has 1 saturated heterocycles. The van der Waals surface area contributed by atoms with Crippen molar-refractivity contribution in [1.29, 1.82) is 0 Å². The van der Waals surface area contributed by atoms with Crippen LogP contribution in [0.25, 0.3) is 0 Å². The van der Waals surface area contributed by atoms with Gasteiger partial charge < -0.3 is 20.1 Å². The van der Waals surface area contributed by atoms with Crippen LogP contribution in [0.2, 0.25) is 0 Å². The van der Waals surface area contributed by atoms with Gasteiger partial charge in [-0.25, -0.2) is 18.2 Å². The van der Waals surface area contributed by atoms with Crippen molar-refractivity contribution in [2.45, 2.75) is 69.9 Å². The Hall–Kier alpha value is -2.66. The molecule has 11 heteroatoms. The second kappa shape index (κ2) is 10.5. The van der Waals surface area contributed by atoms with Gasteiger partial charge in [-0.1, -0.05) is 13.5 Å². The quantitative estimate of drug-likeness (QED) is 0.491. The second-order valence-electron chi connectivity index (χ2n) is 10.4. The second-order valence-corrected chi connectivity index (χ2v) is 12.4. The van der Waals surface area contributed by atoms with E-state index >= 15 is 0 Å². The zero-order valence-corrected chi connectivity index (χ0v) is 21.7. The maximum Gasteiger partial charge on any atom is 0.407 e. The molecule has 2 heterocycles. The molecule has 0 radical (unpaired) electrons. The van der Waals surface area contributed by atoms with Crippen LogP contribution in [-0.4, -0.2) is 67.6 Å². The first kappa shape index (κ1) is 26.9. The molecule has 1 aromatic heterocycles. The van der Waals surface area contributed by atoms with Crippen molar-refractivity contribution in [3.05, 3.63) is 30.5 Å². The van der Waals surface area contributed by atoms with Gasteiger partial charge >= 0.3 is 6.09 Å². The minimum atomic E-state index is -3.73. The minimum absolute atomic E-state index is 0.0168. The van der Waals surface area contributed by atoms with Crippen molar-refractivity contribution in [1.82, 2.24) is 19.9 Å². The summed E-state index contributed by atoms with van der Waals surface area (Å²) in [5, 5.41) is 5.63. The van der Waals surface area contributed by atoms with Gasteiger partial charge in [0.15, 0.2) is 0 Å². The fraction of sp³-hybridized carbons (Fsp3) is 0.625. The van der Waals surface area contributed by atoms with Crippen LogP contribution >= 0.6 is 0 Å². The summed E-state index contributed by atoms with van der Waals surface area (Å²) in [5.41, 5.74) is -0.547. The van der Waals surface area contributed by atoms with Crippen molar-refractivity contribution in [3.63, 3.8) is 0 Å². The van der Waals surface area contributed by atoms with Crippen LogP contribution in [0.15, 0.2) is 35.4 Å². The van der Waals surface area contributed by atoms with Gasteiger partial charge in [-0.15, -0.1) is 0 Å². The number of aromatic nitrogens is 1. The number of rotatable bonds is 9. The van der Waals surface area contributed by atoms with Crippen LogP contribution in [-0.2, 0) is 19.6 Å².